The molecule has 0 radical (unpaired) electrons. The average Bonchev–Trinajstić information content (AvgIpc) is 3.30. The van der Waals surface area contributed by atoms with E-state index in [0.29, 0.717) is 12.0 Å². The lowest BCUT2D eigenvalue weighted by Crippen LogP contribution is -2.40. The van der Waals surface area contributed by atoms with Crippen molar-refractivity contribution in [2.75, 3.05) is 13.1 Å². The number of tetrazole rings is 1. The minimum absolute atomic E-state index is 0.0384. The van der Waals surface area contributed by atoms with Crippen molar-refractivity contribution in [2.45, 2.75) is 77.3 Å². The molecule has 0 amide bonds. The molecule has 2 aromatic heterocycles. The first-order valence-electron chi connectivity index (χ1n) is 12.3. The minimum Gasteiger partial charge on any atom is -0.322 e. The molecule has 1 aromatic carbocycles. The number of aromatic nitrogens is 5. The van der Waals surface area contributed by atoms with Crippen molar-refractivity contribution in [2.24, 2.45) is 5.92 Å². The highest BCUT2D eigenvalue weighted by atomic mass is 16.1. The van der Waals surface area contributed by atoms with Crippen LogP contribution in [0.2, 0.25) is 0 Å². The molecule has 3 aromatic rings. The van der Waals surface area contributed by atoms with Crippen LogP contribution in [-0.2, 0) is 6.42 Å². The number of nitrogens with zero attached hydrogens (tertiary/aromatic N) is 5. The number of hydrogen-bond acceptors (Lipinski definition) is 5. The molecule has 0 spiro atoms. The van der Waals surface area contributed by atoms with Crippen LogP contribution < -0.4 is 5.56 Å². The second-order valence-electron chi connectivity index (χ2n) is 9.72. The number of H-pyrrole nitrogens is 1. The summed E-state index contributed by atoms with van der Waals surface area (Å²) in [7, 11) is 0. The topological polar surface area (TPSA) is 79.7 Å². The second-order valence-corrected chi connectivity index (χ2v) is 9.72. The normalized spacial score (nSPS) is 20.1. The Morgan fingerprint density at radius 2 is 1.88 bits per heavy atom. The summed E-state index contributed by atoms with van der Waals surface area (Å²) in [6.07, 6.45) is 9.16. The zero-order chi connectivity index (χ0) is 22.1. The molecule has 32 heavy (non-hydrogen) atoms. The van der Waals surface area contributed by atoms with Gasteiger partial charge in [-0.25, -0.2) is 4.68 Å². The smallest absolute Gasteiger partial charge is 0.253 e. The van der Waals surface area contributed by atoms with E-state index >= 15 is 0 Å². The average molecular weight is 435 g/mol. The molecule has 1 aliphatic carbocycles. The Balaban J connectivity index is 1.62. The van der Waals surface area contributed by atoms with E-state index in [-0.39, 0.29) is 11.6 Å². The summed E-state index contributed by atoms with van der Waals surface area (Å²) in [6.45, 7) is 6.38. The van der Waals surface area contributed by atoms with Gasteiger partial charge >= 0.3 is 0 Å². The molecule has 1 atom stereocenters. The molecule has 7 nitrogen and oxygen atoms in total. The van der Waals surface area contributed by atoms with Crippen LogP contribution in [0.4, 0.5) is 0 Å². The van der Waals surface area contributed by atoms with Crippen molar-refractivity contribution in [1.82, 2.24) is 30.1 Å². The standard InChI is InChI=1S/C25H34N6O/c1-3-18-9-10-22-19(15-18)16-21(25(32)26-22)23(30-13-11-17(2)12-14-30)24-27-28-29-31(24)20-7-5-4-6-8-20/h9-10,15-17,20,23H,3-8,11-14H2,1-2H3,(H,26,32). The number of fused-ring (bicyclic) bond motifs is 1. The molecular weight excluding hydrogens is 400 g/mol. The number of aromatic amines is 1. The zero-order valence-corrected chi connectivity index (χ0v) is 19.3. The van der Waals surface area contributed by atoms with Gasteiger partial charge in [-0.1, -0.05) is 39.2 Å². The van der Waals surface area contributed by atoms with E-state index in [1.54, 1.807) is 0 Å². The monoisotopic (exact) mass is 434 g/mol. The van der Waals surface area contributed by atoms with Gasteiger partial charge < -0.3 is 4.98 Å². The molecule has 5 rings (SSSR count). The third-order valence-corrected chi connectivity index (χ3v) is 7.51. The summed E-state index contributed by atoms with van der Waals surface area (Å²) in [5.74, 6) is 1.53. The molecule has 7 heteroatoms. The maximum Gasteiger partial charge on any atom is 0.253 e. The van der Waals surface area contributed by atoms with E-state index in [4.69, 9.17) is 0 Å². The Bertz CT molecular complexity index is 1120. The molecule has 0 bridgehead atoms. The lowest BCUT2D eigenvalue weighted by Gasteiger charge is -2.36. The number of hydrogen-bond donors (Lipinski definition) is 1. The fourth-order valence-corrected chi connectivity index (χ4v) is 5.45. The quantitative estimate of drug-likeness (QED) is 0.644. The van der Waals surface area contributed by atoms with E-state index in [2.05, 4.69) is 57.5 Å². The van der Waals surface area contributed by atoms with Crippen molar-refractivity contribution >= 4 is 10.9 Å². The fourth-order valence-electron chi connectivity index (χ4n) is 5.45. The third kappa shape index (κ3) is 4.10. The highest BCUT2D eigenvalue weighted by Crippen LogP contribution is 2.34. The third-order valence-electron chi connectivity index (χ3n) is 7.51. The van der Waals surface area contributed by atoms with Gasteiger partial charge in [0, 0.05) is 11.1 Å². The van der Waals surface area contributed by atoms with Crippen LogP contribution in [0.3, 0.4) is 0 Å². The predicted octanol–water partition coefficient (Wildman–Crippen LogP) is 4.40. The van der Waals surface area contributed by atoms with Gasteiger partial charge in [-0.2, -0.15) is 0 Å². The van der Waals surface area contributed by atoms with E-state index in [1.165, 1.54) is 24.8 Å². The summed E-state index contributed by atoms with van der Waals surface area (Å²) < 4.78 is 2.04. The van der Waals surface area contributed by atoms with Crippen LogP contribution in [0, 0.1) is 5.92 Å². The van der Waals surface area contributed by atoms with Crippen LogP contribution in [0.5, 0.6) is 0 Å². The SMILES string of the molecule is CCc1ccc2[nH]c(=O)c(C(c3nnnn3C3CCCCC3)N3CCC(C)CC3)cc2c1. The Labute approximate surface area is 189 Å². The molecular formula is C25H34N6O. The summed E-state index contributed by atoms with van der Waals surface area (Å²) in [5, 5.41) is 14.1. The molecule has 2 fully saturated rings. The Kier molecular flexibility index (Phi) is 6.09. The molecule has 3 heterocycles. The van der Waals surface area contributed by atoms with Crippen LogP contribution in [0.15, 0.2) is 29.1 Å². The predicted molar refractivity (Wildman–Crippen MR) is 126 cm³/mol. The molecule has 2 aliphatic rings. The number of aryl methyl sites for hydroxylation is 1. The number of benzene rings is 1. The number of likely N-dealkylation sites (tertiary alicyclic amines) is 1. The molecule has 1 saturated heterocycles. The lowest BCUT2D eigenvalue weighted by molar-refractivity contribution is 0.146. The highest BCUT2D eigenvalue weighted by molar-refractivity contribution is 5.80. The molecule has 1 N–H and O–H groups in total. The van der Waals surface area contributed by atoms with Crippen molar-refractivity contribution in [3.63, 3.8) is 0 Å². The maximum atomic E-state index is 13.4. The zero-order valence-electron chi connectivity index (χ0n) is 19.3. The molecule has 170 valence electrons. The van der Waals surface area contributed by atoms with E-state index in [1.807, 2.05) is 10.7 Å². The summed E-state index contributed by atoms with van der Waals surface area (Å²) >= 11 is 0. The summed E-state index contributed by atoms with van der Waals surface area (Å²) in [5.41, 5.74) is 2.87. The van der Waals surface area contributed by atoms with E-state index in [9.17, 15) is 4.79 Å². The van der Waals surface area contributed by atoms with Gasteiger partial charge in [-0.15, -0.1) is 5.10 Å². The Hall–Kier alpha value is -2.54. The van der Waals surface area contributed by atoms with E-state index in [0.717, 1.165) is 67.5 Å². The fraction of sp³-hybridized carbons (Fsp3) is 0.600. The van der Waals surface area contributed by atoms with Gasteiger partial charge in [0.25, 0.3) is 5.56 Å². The first-order chi connectivity index (χ1) is 15.6. The molecule has 1 saturated carbocycles. The van der Waals surface area contributed by atoms with Crippen LogP contribution in [-0.4, -0.2) is 43.2 Å². The largest absolute Gasteiger partial charge is 0.322 e. The number of pyridine rings is 1. The van der Waals surface area contributed by atoms with Crippen LogP contribution in [0.25, 0.3) is 10.9 Å². The van der Waals surface area contributed by atoms with Crippen LogP contribution >= 0.6 is 0 Å². The number of piperidine rings is 1. The minimum atomic E-state index is -0.224. The van der Waals surface area contributed by atoms with Crippen molar-refractivity contribution in [1.29, 1.82) is 0 Å². The van der Waals surface area contributed by atoms with Crippen molar-refractivity contribution in [3.8, 4) is 0 Å². The second kappa shape index (κ2) is 9.14. The summed E-state index contributed by atoms with van der Waals surface area (Å²) in [4.78, 5) is 18.9. The van der Waals surface area contributed by atoms with Gasteiger partial charge in [0.2, 0.25) is 0 Å². The maximum absolute atomic E-state index is 13.4. The number of rotatable bonds is 5. The first kappa shape index (κ1) is 21.3. The van der Waals surface area contributed by atoms with Gasteiger partial charge in [0.1, 0.15) is 6.04 Å². The van der Waals surface area contributed by atoms with E-state index < -0.39 is 0 Å². The Morgan fingerprint density at radius 3 is 2.62 bits per heavy atom. The lowest BCUT2D eigenvalue weighted by atomic mass is 9.93. The highest BCUT2D eigenvalue weighted by Gasteiger charge is 2.34. The van der Waals surface area contributed by atoms with Gasteiger partial charge in [0.05, 0.1) is 6.04 Å². The Morgan fingerprint density at radius 1 is 1.09 bits per heavy atom. The van der Waals surface area contributed by atoms with Crippen molar-refractivity contribution in [3.05, 3.63) is 51.6 Å². The van der Waals surface area contributed by atoms with Crippen LogP contribution in [0.1, 0.15) is 87.8 Å². The first-order valence-corrected chi connectivity index (χ1v) is 12.3. The van der Waals surface area contributed by atoms with Gasteiger partial charge in [0.15, 0.2) is 5.82 Å². The van der Waals surface area contributed by atoms with Crippen molar-refractivity contribution < 1.29 is 0 Å². The molecule has 1 aliphatic heterocycles. The number of nitrogens with one attached hydrogen (secondary N) is 1. The van der Waals surface area contributed by atoms with Gasteiger partial charge in [-0.3, -0.25) is 9.69 Å². The van der Waals surface area contributed by atoms with Gasteiger partial charge in [-0.05, 0) is 90.7 Å². The molecule has 1 unspecified atom stereocenters. The summed E-state index contributed by atoms with van der Waals surface area (Å²) in [6, 6.07) is 8.47.